The molecule has 112 valence electrons. The van der Waals surface area contributed by atoms with Crippen LogP contribution in [-0.2, 0) is 13.1 Å². The quantitative estimate of drug-likeness (QED) is 0.804. The van der Waals surface area contributed by atoms with Crippen LogP contribution in [0.15, 0.2) is 48.5 Å². The van der Waals surface area contributed by atoms with Gasteiger partial charge in [0.15, 0.2) is 0 Å². The number of hydrogen-bond acceptors (Lipinski definition) is 3. The molecule has 0 spiro atoms. The van der Waals surface area contributed by atoms with E-state index in [9.17, 15) is 4.39 Å². The number of hydrogen-bond donors (Lipinski definition) is 1. The standard InChI is InChI=1S/C16H14ClFN4/c17-13-5-1-3-11(7-13)10-22-16(15(9-19)20-21-22)12-4-2-6-14(18)8-12/h1-8H,9-10,19H2. The zero-order chi connectivity index (χ0) is 15.5. The van der Waals surface area contributed by atoms with Crippen molar-refractivity contribution in [1.82, 2.24) is 15.0 Å². The number of nitrogens with zero attached hydrogens (tertiary/aromatic N) is 3. The summed E-state index contributed by atoms with van der Waals surface area (Å²) in [7, 11) is 0. The van der Waals surface area contributed by atoms with Gasteiger partial charge in [-0.25, -0.2) is 9.07 Å². The molecule has 6 heteroatoms. The highest BCUT2D eigenvalue weighted by Crippen LogP contribution is 2.24. The Bertz CT molecular complexity index is 800. The van der Waals surface area contributed by atoms with E-state index >= 15 is 0 Å². The topological polar surface area (TPSA) is 56.7 Å². The van der Waals surface area contributed by atoms with Gasteiger partial charge in [-0.15, -0.1) is 5.10 Å². The first kappa shape index (κ1) is 14.7. The highest BCUT2D eigenvalue weighted by Gasteiger charge is 2.14. The van der Waals surface area contributed by atoms with Crippen molar-refractivity contribution in [3.63, 3.8) is 0 Å². The lowest BCUT2D eigenvalue weighted by Gasteiger charge is -2.08. The Morgan fingerprint density at radius 2 is 1.95 bits per heavy atom. The van der Waals surface area contributed by atoms with Gasteiger partial charge in [0.05, 0.1) is 12.2 Å². The van der Waals surface area contributed by atoms with Crippen LogP contribution < -0.4 is 5.73 Å². The van der Waals surface area contributed by atoms with Crippen LogP contribution in [0.25, 0.3) is 11.3 Å². The smallest absolute Gasteiger partial charge is 0.123 e. The number of benzene rings is 2. The second-order valence-electron chi connectivity index (χ2n) is 4.89. The van der Waals surface area contributed by atoms with Crippen molar-refractivity contribution >= 4 is 11.6 Å². The van der Waals surface area contributed by atoms with Crippen molar-refractivity contribution in [2.45, 2.75) is 13.1 Å². The third kappa shape index (κ3) is 3.00. The molecule has 0 bridgehead atoms. The van der Waals surface area contributed by atoms with Crippen LogP contribution in [0.5, 0.6) is 0 Å². The third-order valence-electron chi connectivity index (χ3n) is 3.32. The van der Waals surface area contributed by atoms with Gasteiger partial charge < -0.3 is 5.73 Å². The van der Waals surface area contributed by atoms with Crippen LogP contribution in [0.2, 0.25) is 5.02 Å². The first-order chi connectivity index (χ1) is 10.7. The zero-order valence-corrected chi connectivity index (χ0v) is 12.5. The average molecular weight is 317 g/mol. The predicted octanol–water partition coefficient (Wildman–Crippen LogP) is 3.24. The maximum absolute atomic E-state index is 13.5. The van der Waals surface area contributed by atoms with Crippen molar-refractivity contribution in [2.24, 2.45) is 5.73 Å². The monoisotopic (exact) mass is 316 g/mol. The molecule has 0 saturated carbocycles. The molecule has 3 rings (SSSR count). The van der Waals surface area contributed by atoms with Crippen molar-refractivity contribution in [2.75, 3.05) is 0 Å². The SMILES string of the molecule is NCc1nnn(Cc2cccc(Cl)c2)c1-c1cccc(F)c1. The minimum Gasteiger partial charge on any atom is -0.325 e. The largest absolute Gasteiger partial charge is 0.325 e. The van der Waals surface area contributed by atoms with E-state index < -0.39 is 0 Å². The van der Waals surface area contributed by atoms with Gasteiger partial charge in [0.1, 0.15) is 11.5 Å². The first-order valence-corrected chi connectivity index (χ1v) is 7.18. The highest BCUT2D eigenvalue weighted by molar-refractivity contribution is 6.30. The third-order valence-corrected chi connectivity index (χ3v) is 3.55. The Morgan fingerprint density at radius 3 is 2.68 bits per heavy atom. The molecule has 4 nitrogen and oxygen atoms in total. The number of nitrogens with two attached hydrogens (primary N) is 1. The van der Waals surface area contributed by atoms with Crippen molar-refractivity contribution in [3.05, 3.63) is 70.6 Å². The fourth-order valence-corrected chi connectivity index (χ4v) is 2.57. The molecular weight excluding hydrogens is 303 g/mol. The van der Waals surface area contributed by atoms with E-state index in [-0.39, 0.29) is 12.4 Å². The van der Waals surface area contributed by atoms with Crippen molar-refractivity contribution < 1.29 is 4.39 Å². The van der Waals surface area contributed by atoms with Crippen LogP contribution in [0, 0.1) is 5.82 Å². The molecule has 1 aromatic heterocycles. The predicted molar refractivity (Wildman–Crippen MR) is 83.9 cm³/mol. The molecule has 1 heterocycles. The van der Waals surface area contributed by atoms with Crippen molar-refractivity contribution in [1.29, 1.82) is 0 Å². The van der Waals surface area contributed by atoms with Gasteiger partial charge in [-0.3, -0.25) is 0 Å². The second-order valence-corrected chi connectivity index (χ2v) is 5.32. The lowest BCUT2D eigenvalue weighted by Crippen LogP contribution is -2.06. The summed E-state index contributed by atoms with van der Waals surface area (Å²) in [6.45, 7) is 0.723. The number of rotatable bonds is 4. The van der Waals surface area contributed by atoms with Gasteiger partial charge in [0.25, 0.3) is 0 Å². The molecule has 2 aromatic carbocycles. The van der Waals surface area contributed by atoms with Crippen molar-refractivity contribution in [3.8, 4) is 11.3 Å². The molecule has 0 aliphatic rings. The van der Waals surface area contributed by atoms with E-state index in [2.05, 4.69) is 10.3 Å². The van der Waals surface area contributed by atoms with E-state index in [1.807, 2.05) is 30.3 Å². The molecule has 0 unspecified atom stereocenters. The first-order valence-electron chi connectivity index (χ1n) is 6.80. The summed E-state index contributed by atoms with van der Waals surface area (Å²) in [5, 5.41) is 8.89. The minimum absolute atomic E-state index is 0.237. The van der Waals surface area contributed by atoms with Crippen LogP contribution in [0.4, 0.5) is 4.39 Å². The van der Waals surface area contributed by atoms with E-state index in [0.717, 1.165) is 11.3 Å². The number of aromatic nitrogens is 3. The Balaban J connectivity index is 2.04. The van der Waals surface area contributed by atoms with Gasteiger partial charge in [0, 0.05) is 17.1 Å². The summed E-state index contributed by atoms with van der Waals surface area (Å²) in [6, 6.07) is 13.8. The van der Waals surface area contributed by atoms with Gasteiger partial charge in [-0.1, -0.05) is 41.1 Å². The van der Waals surface area contributed by atoms with E-state index in [1.54, 1.807) is 10.7 Å². The fourth-order valence-electron chi connectivity index (χ4n) is 2.36. The second kappa shape index (κ2) is 6.25. The zero-order valence-electron chi connectivity index (χ0n) is 11.7. The van der Waals surface area contributed by atoms with Gasteiger partial charge in [-0.2, -0.15) is 0 Å². The summed E-state index contributed by atoms with van der Waals surface area (Å²) in [5.74, 6) is -0.309. The molecule has 2 N–H and O–H groups in total. The number of halogens is 2. The summed E-state index contributed by atoms with van der Waals surface area (Å²) in [4.78, 5) is 0. The Hall–Kier alpha value is -2.24. The molecule has 3 aromatic rings. The van der Waals surface area contributed by atoms with Gasteiger partial charge in [0.2, 0.25) is 0 Å². The Kier molecular flexibility index (Phi) is 4.18. The van der Waals surface area contributed by atoms with E-state index in [1.165, 1.54) is 12.1 Å². The van der Waals surface area contributed by atoms with E-state index in [4.69, 9.17) is 17.3 Å². The van der Waals surface area contributed by atoms with E-state index in [0.29, 0.717) is 22.8 Å². The molecule has 0 aliphatic heterocycles. The minimum atomic E-state index is -0.309. The molecule has 0 atom stereocenters. The molecular formula is C16H14ClFN4. The summed E-state index contributed by atoms with van der Waals surface area (Å²) < 4.78 is 15.2. The summed E-state index contributed by atoms with van der Waals surface area (Å²) >= 11 is 6.01. The lowest BCUT2D eigenvalue weighted by atomic mass is 10.1. The maximum Gasteiger partial charge on any atom is 0.123 e. The molecule has 0 radical (unpaired) electrons. The summed E-state index contributed by atoms with van der Waals surface area (Å²) in [5.41, 5.74) is 8.77. The average Bonchev–Trinajstić information content (AvgIpc) is 2.90. The van der Waals surface area contributed by atoms with Crippen LogP contribution in [0.3, 0.4) is 0 Å². The lowest BCUT2D eigenvalue weighted by molar-refractivity contribution is 0.626. The Morgan fingerprint density at radius 1 is 1.14 bits per heavy atom. The van der Waals surface area contributed by atoms with Crippen LogP contribution in [-0.4, -0.2) is 15.0 Å². The van der Waals surface area contributed by atoms with Crippen LogP contribution >= 0.6 is 11.6 Å². The fraction of sp³-hybridized carbons (Fsp3) is 0.125. The van der Waals surface area contributed by atoms with Gasteiger partial charge >= 0.3 is 0 Å². The molecule has 0 saturated heterocycles. The highest BCUT2D eigenvalue weighted by atomic mass is 35.5. The van der Waals surface area contributed by atoms with Crippen LogP contribution in [0.1, 0.15) is 11.3 Å². The molecule has 0 fully saturated rings. The Labute approximate surface area is 132 Å². The molecule has 0 amide bonds. The molecule has 0 aliphatic carbocycles. The maximum atomic E-state index is 13.5. The van der Waals surface area contributed by atoms with Gasteiger partial charge in [-0.05, 0) is 29.8 Å². The molecule has 22 heavy (non-hydrogen) atoms. The summed E-state index contributed by atoms with van der Waals surface area (Å²) in [6.07, 6.45) is 0. The normalized spacial score (nSPS) is 10.9.